The maximum absolute atomic E-state index is 11.4. The van der Waals surface area contributed by atoms with Gasteiger partial charge in [-0.1, -0.05) is 0 Å². The molecule has 1 aromatic carbocycles. The number of rotatable bonds is 1. The van der Waals surface area contributed by atoms with Crippen molar-refractivity contribution in [2.45, 2.75) is 12.8 Å². The van der Waals surface area contributed by atoms with Crippen LogP contribution in [0.2, 0.25) is 0 Å². The van der Waals surface area contributed by atoms with Crippen LogP contribution >= 0.6 is 0 Å². The van der Waals surface area contributed by atoms with Crippen molar-refractivity contribution in [3.05, 3.63) is 35.8 Å². The lowest BCUT2D eigenvalue weighted by atomic mass is 10.1. The summed E-state index contributed by atoms with van der Waals surface area (Å²) in [6.45, 7) is 2.12. The van der Waals surface area contributed by atoms with Crippen LogP contribution in [0.25, 0.3) is 10.8 Å². The molecule has 0 saturated carbocycles. The molecule has 1 aliphatic heterocycles. The van der Waals surface area contributed by atoms with Gasteiger partial charge in [-0.05, 0) is 25.0 Å². The first-order valence-electron chi connectivity index (χ1n) is 5.92. The second-order valence-electron chi connectivity index (χ2n) is 4.50. The van der Waals surface area contributed by atoms with Gasteiger partial charge in [0.1, 0.15) is 0 Å². The fourth-order valence-corrected chi connectivity index (χ4v) is 2.52. The third-order valence-corrected chi connectivity index (χ3v) is 3.39. The summed E-state index contributed by atoms with van der Waals surface area (Å²) in [5.41, 5.74) is 7.79. The number of nitrogen functional groups attached to an aromatic ring is 1. The molecule has 2 aromatic rings. The molecule has 0 aliphatic carbocycles. The Labute approximate surface area is 99.8 Å². The standard InChI is InChI=1S/C13H15N3O/c14-12-3-4-13(15-6-1-2-7-15)11-9-16(17)8-5-10(11)12/h3-5,8-9H,1-2,6-7,14H2. The van der Waals surface area contributed by atoms with Crippen molar-refractivity contribution in [1.82, 2.24) is 0 Å². The van der Waals surface area contributed by atoms with Gasteiger partial charge < -0.3 is 15.8 Å². The highest BCUT2D eigenvalue weighted by molar-refractivity contribution is 6.00. The number of fused-ring (bicyclic) bond motifs is 1. The lowest BCUT2D eigenvalue weighted by molar-refractivity contribution is -0.603. The van der Waals surface area contributed by atoms with Gasteiger partial charge in [-0.15, -0.1) is 0 Å². The minimum absolute atomic E-state index is 0.726. The highest BCUT2D eigenvalue weighted by atomic mass is 16.5. The van der Waals surface area contributed by atoms with Crippen molar-refractivity contribution < 1.29 is 4.73 Å². The molecule has 0 bridgehead atoms. The van der Waals surface area contributed by atoms with Gasteiger partial charge in [-0.2, -0.15) is 4.73 Å². The third kappa shape index (κ3) is 1.65. The molecule has 0 radical (unpaired) electrons. The summed E-state index contributed by atoms with van der Waals surface area (Å²) in [5, 5.41) is 13.3. The van der Waals surface area contributed by atoms with Crippen LogP contribution in [-0.2, 0) is 0 Å². The molecule has 0 atom stereocenters. The van der Waals surface area contributed by atoms with Crippen molar-refractivity contribution in [3.63, 3.8) is 0 Å². The fourth-order valence-electron chi connectivity index (χ4n) is 2.52. The van der Waals surface area contributed by atoms with Crippen molar-refractivity contribution >= 4 is 22.1 Å². The third-order valence-electron chi connectivity index (χ3n) is 3.39. The zero-order valence-electron chi connectivity index (χ0n) is 9.60. The predicted molar refractivity (Wildman–Crippen MR) is 68.8 cm³/mol. The van der Waals surface area contributed by atoms with Crippen molar-refractivity contribution in [2.24, 2.45) is 0 Å². The Kier molecular flexibility index (Phi) is 2.28. The van der Waals surface area contributed by atoms with E-state index in [2.05, 4.69) is 4.90 Å². The summed E-state index contributed by atoms with van der Waals surface area (Å²) >= 11 is 0. The number of aromatic nitrogens is 1. The molecule has 0 amide bonds. The van der Waals surface area contributed by atoms with Gasteiger partial charge in [0.25, 0.3) is 0 Å². The zero-order valence-corrected chi connectivity index (χ0v) is 9.60. The van der Waals surface area contributed by atoms with Crippen LogP contribution in [0.3, 0.4) is 0 Å². The Morgan fingerprint density at radius 2 is 1.88 bits per heavy atom. The minimum atomic E-state index is 0.726. The Balaban J connectivity index is 2.23. The van der Waals surface area contributed by atoms with Crippen LogP contribution in [0, 0.1) is 5.21 Å². The Bertz CT molecular complexity index is 562. The van der Waals surface area contributed by atoms with Gasteiger partial charge in [-0.3, -0.25) is 0 Å². The largest absolute Gasteiger partial charge is 0.619 e. The minimum Gasteiger partial charge on any atom is -0.619 e. The molecule has 4 nitrogen and oxygen atoms in total. The molecule has 88 valence electrons. The number of hydrogen-bond donors (Lipinski definition) is 1. The van der Waals surface area contributed by atoms with E-state index in [1.165, 1.54) is 19.0 Å². The van der Waals surface area contributed by atoms with Crippen LogP contribution in [0.1, 0.15) is 12.8 Å². The van der Waals surface area contributed by atoms with E-state index in [4.69, 9.17) is 5.73 Å². The maximum Gasteiger partial charge on any atom is 0.190 e. The van der Waals surface area contributed by atoms with E-state index >= 15 is 0 Å². The highest BCUT2D eigenvalue weighted by Crippen LogP contribution is 2.31. The Morgan fingerprint density at radius 1 is 1.12 bits per heavy atom. The maximum atomic E-state index is 11.4. The van der Waals surface area contributed by atoms with Crippen LogP contribution in [0.5, 0.6) is 0 Å². The molecule has 1 fully saturated rings. The number of anilines is 2. The fraction of sp³-hybridized carbons (Fsp3) is 0.308. The number of pyridine rings is 1. The van der Waals surface area contributed by atoms with Crippen LogP contribution in [-0.4, -0.2) is 13.1 Å². The van der Waals surface area contributed by atoms with Crippen molar-refractivity contribution in [2.75, 3.05) is 23.7 Å². The lowest BCUT2D eigenvalue weighted by Gasteiger charge is -2.19. The molecule has 3 rings (SSSR count). The number of nitrogens with zero attached hydrogens (tertiary/aromatic N) is 2. The summed E-state index contributed by atoms with van der Waals surface area (Å²) in [5.74, 6) is 0. The molecule has 17 heavy (non-hydrogen) atoms. The van der Waals surface area contributed by atoms with Crippen LogP contribution in [0.4, 0.5) is 11.4 Å². The summed E-state index contributed by atoms with van der Waals surface area (Å²) in [4.78, 5) is 2.32. The molecule has 4 heteroatoms. The molecule has 2 heterocycles. The van der Waals surface area contributed by atoms with E-state index < -0.39 is 0 Å². The van der Waals surface area contributed by atoms with Crippen molar-refractivity contribution in [1.29, 1.82) is 0 Å². The molecule has 0 spiro atoms. The summed E-state index contributed by atoms with van der Waals surface area (Å²) < 4.78 is 0.835. The van der Waals surface area contributed by atoms with E-state index in [-0.39, 0.29) is 0 Å². The average molecular weight is 229 g/mol. The van der Waals surface area contributed by atoms with E-state index in [0.29, 0.717) is 0 Å². The quantitative estimate of drug-likeness (QED) is 0.459. The summed E-state index contributed by atoms with van der Waals surface area (Å²) in [6.07, 6.45) is 5.54. The molecule has 2 N–H and O–H groups in total. The normalized spacial score (nSPS) is 15.6. The molecule has 1 saturated heterocycles. The number of nitrogens with two attached hydrogens (primary N) is 1. The second kappa shape index (κ2) is 3.80. The van der Waals surface area contributed by atoms with Gasteiger partial charge in [0.2, 0.25) is 0 Å². The molecule has 0 unspecified atom stereocenters. The zero-order chi connectivity index (χ0) is 11.8. The van der Waals surface area contributed by atoms with E-state index in [0.717, 1.165) is 40.0 Å². The second-order valence-corrected chi connectivity index (χ2v) is 4.50. The highest BCUT2D eigenvalue weighted by Gasteiger charge is 2.16. The van der Waals surface area contributed by atoms with Crippen LogP contribution in [0.15, 0.2) is 30.6 Å². The van der Waals surface area contributed by atoms with E-state index in [1.807, 2.05) is 12.1 Å². The first-order chi connectivity index (χ1) is 8.25. The number of benzene rings is 1. The monoisotopic (exact) mass is 229 g/mol. The van der Waals surface area contributed by atoms with Gasteiger partial charge >= 0.3 is 0 Å². The Morgan fingerprint density at radius 3 is 2.65 bits per heavy atom. The van der Waals surface area contributed by atoms with Crippen LogP contribution < -0.4 is 15.4 Å². The lowest BCUT2D eigenvalue weighted by Crippen LogP contribution is -2.25. The number of hydrogen-bond acceptors (Lipinski definition) is 3. The first-order valence-corrected chi connectivity index (χ1v) is 5.92. The summed E-state index contributed by atoms with van der Waals surface area (Å²) in [7, 11) is 0. The summed E-state index contributed by atoms with van der Waals surface area (Å²) in [6, 6.07) is 5.73. The average Bonchev–Trinajstić information content (AvgIpc) is 2.83. The molecule has 1 aromatic heterocycles. The van der Waals surface area contributed by atoms with E-state index in [1.54, 1.807) is 12.3 Å². The topological polar surface area (TPSA) is 56.2 Å². The smallest absolute Gasteiger partial charge is 0.190 e. The van der Waals surface area contributed by atoms with Gasteiger partial charge in [0.05, 0.1) is 11.1 Å². The Hall–Kier alpha value is -1.97. The predicted octanol–water partition coefficient (Wildman–Crippen LogP) is 1.66. The molecular formula is C13H15N3O. The van der Waals surface area contributed by atoms with Gasteiger partial charge in [-0.25, -0.2) is 0 Å². The van der Waals surface area contributed by atoms with Gasteiger partial charge in [0, 0.05) is 30.2 Å². The molecule has 1 aliphatic rings. The van der Waals surface area contributed by atoms with Gasteiger partial charge in [0.15, 0.2) is 12.4 Å². The molecular weight excluding hydrogens is 214 g/mol. The van der Waals surface area contributed by atoms with Crippen molar-refractivity contribution in [3.8, 4) is 0 Å². The van der Waals surface area contributed by atoms with E-state index in [9.17, 15) is 5.21 Å². The first kappa shape index (κ1) is 10.2. The SMILES string of the molecule is Nc1ccc(N2CCCC2)c2c[n+]([O-])ccc12.